The summed E-state index contributed by atoms with van der Waals surface area (Å²) in [5, 5.41) is 0. The van der Waals surface area contributed by atoms with Crippen LogP contribution in [-0.4, -0.2) is 32.7 Å². The van der Waals surface area contributed by atoms with E-state index in [1.807, 2.05) is 32.0 Å². The molecule has 1 heterocycles. The van der Waals surface area contributed by atoms with Crippen LogP contribution < -0.4 is 9.62 Å². The van der Waals surface area contributed by atoms with Gasteiger partial charge in [0, 0.05) is 17.8 Å². The van der Waals surface area contributed by atoms with Crippen molar-refractivity contribution >= 4 is 27.4 Å². The van der Waals surface area contributed by atoms with E-state index in [1.54, 1.807) is 4.90 Å². The Hall–Kier alpha value is -2.51. The molecule has 1 amide bonds. The second-order valence-electron chi connectivity index (χ2n) is 6.80. The van der Waals surface area contributed by atoms with Crippen LogP contribution in [0, 0.1) is 13.8 Å². The first kappa shape index (κ1) is 19.3. The number of benzene rings is 2. The van der Waals surface area contributed by atoms with Gasteiger partial charge in [-0.3, -0.25) is 9.59 Å². The third kappa shape index (κ3) is 3.94. The Kier molecular flexibility index (Phi) is 5.17. The molecule has 1 saturated heterocycles. The number of ketones is 1. The van der Waals surface area contributed by atoms with Gasteiger partial charge in [0.15, 0.2) is 5.78 Å². The Morgan fingerprint density at radius 1 is 1.07 bits per heavy atom. The quantitative estimate of drug-likeness (QED) is 0.801. The zero-order valence-corrected chi connectivity index (χ0v) is 16.3. The van der Waals surface area contributed by atoms with Gasteiger partial charge in [0.2, 0.25) is 15.9 Å². The molecule has 1 N–H and O–H groups in total. The van der Waals surface area contributed by atoms with Gasteiger partial charge in [-0.2, -0.15) is 4.72 Å². The fraction of sp³-hybridized carbons (Fsp3) is 0.300. The number of sulfonamides is 1. The van der Waals surface area contributed by atoms with Crippen LogP contribution in [0.1, 0.15) is 34.8 Å². The topological polar surface area (TPSA) is 83.6 Å². The second-order valence-corrected chi connectivity index (χ2v) is 8.52. The first-order valence-corrected chi connectivity index (χ1v) is 10.2. The predicted octanol–water partition coefficient (Wildman–Crippen LogP) is 2.59. The van der Waals surface area contributed by atoms with Crippen molar-refractivity contribution in [2.75, 3.05) is 11.4 Å². The van der Waals surface area contributed by atoms with Crippen molar-refractivity contribution in [3.63, 3.8) is 0 Å². The molecule has 27 heavy (non-hydrogen) atoms. The number of aryl methyl sites for hydroxylation is 2. The summed E-state index contributed by atoms with van der Waals surface area (Å²) in [6, 6.07) is 10.6. The number of nitrogens with one attached hydrogen (secondary N) is 1. The molecule has 0 spiro atoms. The van der Waals surface area contributed by atoms with Gasteiger partial charge in [0.05, 0.1) is 4.90 Å². The van der Waals surface area contributed by atoms with Crippen molar-refractivity contribution < 1.29 is 18.0 Å². The van der Waals surface area contributed by atoms with Crippen LogP contribution in [0.3, 0.4) is 0 Å². The molecule has 1 aliphatic rings. The van der Waals surface area contributed by atoms with E-state index in [9.17, 15) is 18.0 Å². The molecule has 1 unspecified atom stereocenters. The van der Waals surface area contributed by atoms with Crippen LogP contribution in [0.5, 0.6) is 0 Å². The number of carbonyl (C=O) groups excluding carboxylic acids is 2. The summed E-state index contributed by atoms with van der Waals surface area (Å²) in [7, 11) is -3.85. The van der Waals surface area contributed by atoms with E-state index in [0.717, 1.165) is 16.8 Å². The highest BCUT2D eigenvalue weighted by Gasteiger charge is 2.35. The Bertz CT molecular complexity index is 997. The molecule has 0 aliphatic carbocycles. The van der Waals surface area contributed by atoms with Crippen molar-refractivity contribution in [2.45, 2.75) is 38.1 Å². The average Bonchev–Trinajstić information content (AvgIpc) is 2.97. The minimum atomic E-state index is -3.85. The van der Waals surface area contributed by atoms with E-state index in [1.165, 1.54) is 31.2 Å². The molecular weight excluding hydrogens is 364 g/mol. The van der Waals surface area contributed by atoms with E-state index in [4.69, 9.17) is 0 Å². The summed E-state index contributed by atoms with van der Waals surface area (Å²) in [4.78, 5) is 25.7. The molecule has 0 saturated carbocycles. The Morgan fingerprint density at radius 3 is 2.33 bits per heavy atom. The number of anilines is 1. The number of nitrogens with zero attached hydrogens (tertiary/aromatic N) is 1. The molecule has 2 aromatic rings. The minimum absolute atomic E-state index is 0.0323. The normalized spacial score (nSPS) is 17.4. The molecule has 1 fully saturated rings. The smallest absolute Gasteiger partial charge is 0.245 e. The number of hydrogen-bond donors (Lipinski definition) is 1. The first-order chi connectivity index (χ1) is 12.7. The molecule has 2 aromatic carbocycles. The van der Waals surface area contributed by atoms with Crippen LogP contribution >= 0.6 is 0 Å². The minimum Gasteiger partial charge on any atom is -0.311 e. The van der Waals surface area contributed by atoms with E-state index < -0.39 is 16.1 Å². The van der Waals surface area contributed by atoms with Crippen LogP contribution in [0.15, 0.2) is 47.4 Å². The first-order valence-electron chi connectivity index (χ1n) is 8.71. The lowest BCUT2D eigenvalue weighted by atomic mass is 10.1. The van der Waals surface area contributed by atoms with Gasteiger partial charge >= 0.3 is 0 Å². The molecule has 0 radical (unpaired) electrons. The number of carbonyl (C=O) groups is 2. The SMILES string of the molecule is CC(=O)c1ccc(S(=O)(=O)NC2CCN(c3ccc(C)c(C)c3)C2=O)cc1. The summed E-state index contributed by atoms with van der Waals surface area (Å²) in [6.07, 6.45) is 0.399. The van der Waals surface area contributed by atoms with Crippen LogP contribution in [-0.2, 0) is 14.8 Å². The summed E-state index contributed by atoms with van der Waals surface area (Å²) in [5.41, 5.74) is 3.42. The monoisotopic (exact) mass is 386 g/mol. The van der Waals surface area contributed by atoms with Crippen molar-refractivity contribution in [1.82, 2.24) is 4.72 Å². The number of hydrogen-bond acceptors (Lipinski definition) is 4. The van der Waals surface area contributed by atoms with Gasteiger partial charge in [-0.25, -0.2) is 8.42 Å². The molecule has 1 atom stereocenters. The van der Waals surface area contributed by atoms with E-state index >= 15 is 0 Å². The maximum Gasteiger partial charge on any atom is 0.245 e. The molecule has 142 valence electrons. The Balaban J connectivity index is 1.76. The highest BCUT2D eigenvalue weighted by molar-refractivity contribution is 7.89. The lowest BCUT2D eigenvalue weighted by Gasteiger charge is -2.18. The predicted molar refractivity (Wildman–Crippen MR) is 103 cm³/mol. The molecule has 0 bridgehead atoms. The van der Waals surface area contributed by atoms with Gasteiger partial charge in [0.1, 0.15) is 6.04 Å². The standard InChI is InChI=1S/C20H22N2O4S/c1-13-4-7-17(12-14(13)2)22-11-10-19(20(22)24)21-27(25,26)18-8-5-16(6-9-18)15(3)23/h4-9,12,19,21H,10-11H2,1-3H3. The van der Waals surface area contributed by atoms with E-state index in [2.05, 4.69) is 4.72 Å². The Morgan fingerprint density at radius 2 is 1.74 bits per heavy atom. The maximum absolute atomic E-state index is 12.7. The fourth-order valence-corrected chi connectivity index (χ4v) is 4.29. The largest absolute Gasteiger partial charge is 0.311 e. The van der Waals surface area contributed by atoms with Gasteiger partial charge < -0.3 is 4.90 Å². The molecule has 6 nitrogen and oxygen atoms in total. The maximum atomic E-state index is 12.7. The molecule has 1 aliphatic heterocycles. The summed E-state index contributed by atoms with van der Waals surface area (Å²) >= 11 is 0. The Labute approximate surface area is 159 Å². The lowest BCUT2D eigenvalue weighted by Crippen LogP contribution is -2.41. The average molecular weight is 386 g/mol. The second kappa shape index (κ2) is 7.25. The van der Waals surface area contributed by atoms with Gasteiger partial charge in [-0.05, 0) is 62.6 Å². The van der Waals surface area contributed by atoms with Gasteiger partial charge in [-0.1, -0.05) is 18.2 Å². The zero-order chi connectivity index (χ0) is 19.8. The van der Waals surface area contributed by atoms with Crippen LogP contribution in [0.25, 0.3) is 0 Å². The van der Waals surface area contributed by atoms with Crippen LogP contribution in [0.4, 0.5) is 5.69 Å². The van der Waals surface area contributed by atoms with Gasteiger partial charge in [-0.15, -0.1) is 0 Å². The van der Waals surface area contributed by atoms with E-state index in [-0.39, 0.29) is 16.6 Å². The third-order valence-electron chi connectivity index (χ3n) is 4.88. The fourth-order valence-electron chi connectivity index (χ4n) is 3.06. The summed E-state index contributed by atoms with van der Waals surface area (Å²) < 4.78 is 27.7. The molecule has 3 rings (SSSR count). The van der Waals surface area contributed by atoms with Crippen molar-refractivity contribution in [1.29, 1.82) is 0 Å². The molecule has 0 aromatic heterocycles. The number of Topliss-reactive ketones (excluding diaryl/α,β-unsaturated/α-hetero) is 1. The van der Waals surface area contributed by atoms with Crippen molar-refractivity contribution in [2.24, 2.45) is 0 Å². The molecular formula is C20H22N2O4S. The highest BCUT2D eigenvalue weighted by atomic mass is 32.2. The molecule has 7 heteroatoms. The highest BCUT2D eigenvalue weighted by Crippen LogP contribution is 2.25. The number of amides is 1. The third-order valence-corrected chi connectivity index (χ3v) is 6.36. The summed E-state index contributed by atoms with van der Waals surface area (Å²) in [6.45, 7) is 5.85. The van der Waals surface area contributed by atoms with Gasteiger partial charge in [0.25, 0.3) is 0 Å². The number of rotatable bonds is 5. The summed E-state index contributed by atoms with van der Waals surface area (Å²) in [5.74, 6) is -0.399. The van der Waals surface area contributed by atoms with Crippen molar-refractivity contribution in [3.8, 4) is 0 Å². The lowest BCUT2D eigenvalue weighted by molar-refractivity contribution is -0.118. The van der Waals surface area contributed by atoms with E-state index in [0.29, 0.717) is 18.5 Å². The van der Waals surface area contributed by atoms with Crippen molar-refractivity contribution in [3.05, 3.63) is 59.2 Å². The zero-order valence-electron chi connectivity index (χ0n) is 15.5. The van der Waals surface area contributed by atoms with Crippen LogP contribution in [0.2, 0.25) is 0 Å².